The lowest BCUT2D eigenvalue weighted by molar-refractivity contribution is 0.529. The molecule has 0 fully saturated rings. The number of alkyl halides is 1. The van der Waals surface area contributed by atoms with Crippen molar-refractivity contribution in [1.29, 1.82) is 0 Å². The van der Waals surface area contributed by atoms with Crippen molar-refractivity contribution in [2.24, 2.45) is 5.92 Å². The number of nitrogens with zero attached hydrogens (tertiary/aromatic N) is 1. The predicted molar refractivity (Wildman–Crippen MR) is 63.9 cm³/mol. The average molecular weight is 281 g/mol. The molecule has 96 valence electrons. The van der Waals surface area contributed by atoms with Crippen molar-refractivity contribution in [2.45, 2.75) is 18.2 Å². The highest BCUT2D eigenvalue weighted by Gasteiger charge is 2.16. The predicted octanol–water partition coefficient (Wildman–Crippen LogP) is 1.76. The first kappa shape index (κ1) is 14.3. The zero-order valence-electron chi connectivity index (χ0n) is 9.36. The Hall–Kier alpha value is -0.720. The first-order valence-corrected chi connectivity index (χ1v) is 7.13. The summed E-state index contributed by atoms with van der Waals surface area (Å²) in [7, 11) is -3.69. The molecule has 7 heteroatoms. The van der Waals surface area contributed by atoms with Crippen LogP contribution in [0.15, 0.2) is 23.4 Å². The van der Waals surface area contributed by atoms with Crippen LogP contribution in [0.25, 0.3) is 0 Å². The standard InChI is InChI=1S/C10H14ClFN2O2S/c1-8(2-3-11)5-14-17(15,16)10-4-9(12)6-13-7-10/h4,6-8,14H,2-3,5H2,1H3. The zero-order chi connectivity index (χ0) is 12.9. The number of pyridine rings is 1. The van der Waals surface area contributed by atoms with Crippen molar-refractivity contribution < 1.29 is 12.8 Å². The lowest BCUT2D eigenvalue weighted by atomic mass is 10.1. The summed E-state index contributed by atoms with van der Waals surface area (Å²) >= 11 is 5.55. The molecule has 0 aromatic carbocycles. The van der Waals surface area contributed by atoms with Gasteiger partial charge in [0, 0.05) is 18.6 Å². The first-order valence-electron chi connectivity index (χ1n) is 5.12. The van der Waals surface area contributed by atoms with E-state index in [1.165, 1.54) is 0 Å². The van der Waals surface area contributed by atoms with E-state index in [1.54, 1.807) is 0 Å². The van der Waals surface area contributed by atoms with Crippen LogP contribution in [-0.2, 0) is 10.0 Å². The molecule has 0 amide bonds. The van der Waals surface area contributed by atoms with Crippen molar-refractivity contribution in [2.75, 3.05) is 12.4 Å². The molecule has 0 bridgehead atoms. The monoisotopic (exact) mass is 280 g/mol. The van der Waals surface area contributed by atoms with Gasteiger partial charge in [-0.05, 0) is 18.4 Å². The lowest BCUT2D eigenvalue weighted by Crippen LogP contribution is -2.28. The Balaban J connectivity index is 2.69. The van der Waals surface area contributed by atoms with Crippen LogP contribution in [0.5, 0.6) is 0 Å². The van der Waals surface area contributed by atoms with Crippen LogP contribution in [0, 0.1) is 11.7 Å². The molecule has 0 saturated heterocycles. The summed E-state index contributed by atoms with van der Waals surface area (Å²) in [5.74, 6) is -0.0739. The van der Waals surface area contributed by atoms with Gasteiger partial charge in [0.1, 0.15) is 10.7 Å². The molecule has 0 spiro atoms. The van der Waals surface area contributed by atoms with Crippen molar-refractivity contribution >= 4 is 21.6 Å². The van der Waals surface area contributed by atoms with Gasteiger partial charge in [-0.2, -0.15) is 0 Å². The fraction of sp³-hybridized carbons (Fsp3) is 0.500. The summed E-state index contributed by atoms with van der Waals surface area (Å²) in [6.07, 6.45) is 2.78. The van der Waals surface area contributed by atoms with Crippen molar-refractivity contribution in [3.63, 3.8) is 0 Å². The number of hydrogen-bond donors (Lipinski definition) is 1. The van der Waals surface area contributed by atoms with E-state index in [1.807, 2.05) is 6.92 Å². The van der Waals surface area contributed by atoms with E-state index < -0.39 is 15.8 Å². The molecule has 0 aliphatic heterocycles. The summed E-state index contributed by atoms with van der Waals surface area (Å²) in [5, 5.41) is 0. The third-order valence-corrected chi connectivity index (χ3v) is 3.82. The minimum absolute atomic E-state index is 0.129. The molecule has 1 aromatic rings. The molecule has 1 heterocycles. The molecule has 4 nitrogen and oxygen atoms in total. The van der Waals surface area contributed by atoms with Crippen molar-refractivity contribution in [1.82, 2.24) is 9.71 Å². The van der Waals surface area contributed by atoms with E-state index in [2.05, 4.69) is 9.71 Å². The molecule has 0 aliphatic carbocycles. The minimum Gasteiger partial charge on any atom is -0.260 e. The molecule has 1 atom stereocenters. The Kier molecular flexibility index (Phi) is 5.30. The van der Waals surface area contributed by atoms with Gasteiger partial charge in [-0.25, -0.2) is 17.5 Å². The van der Waals surface area contributed by atoms with E-state index in [4.69, 9.17) is 11.6 Å². The second-order valence-corrected chi connectivity index (χ2v) is 5.92. The third kappa shape index (κ3) is 4.57. The van der Waals surface area contributed by atoms with Crippen molar-refractivity contribution in [3.8, 4) is 0 Å². The maximum atomic E-state index is 12.8. The SMILES string of the molecule is CC(CCCl)CNS(=O)(=O)c1cncc(F)c1. The molecule has 1 rings (SSSR count). The molecular formula is C10H14ClFN2O2S. The van der Waals surface area contributed by atoms with E-state index in [0.717, 1.165) is 18.5 Å². The van der Waals surface area contributed by atoms with E-state index in [-0.39, 0.29) is 17.4 Å². The lowest BCUT2D eigenvalue weighted by Gasteiger charge is -2.11. The molecular weight excluding hydrogens is 267 g/mol. The molecule has 0 radical (unpaired) electrons. The first-order chi connectivity index (χ1) is 7.95. The Morgan fingerprint density at radius 2 is 2.24 bits per heavy atom. The van der Waals surface area contributed by atoms with Gasteiger partial charge in [0.25, 0.3) is 0 Å². The van der Waals surface area contributed by atoms with Crippen LogP contribution in [-0.4, -0.2) is 25.8 Å². The number of hydrogen-bond acceptors (Lipinski definition) is 3. The van der Waals surface area contributed by atoms with Crippen molar-refractivity contribution in [3.05, 3.63) is 24.3 Å². The summed E-state index contributed by atoms with van der Waals surface area (Å²) in [4.78, 5) is 3.33. The quantitative estimate of drug-likeness (QED) is 0.808. The van der Waals surface area contributed by atoms with Crippen LogP contribution >= 0.6 is 11.6 Å². The highest BCUT2D eigenvalue weighted by molar-refractivity contribution is 7.89. The fourth-order valence-electron chi connectivity index (χ4n) is 1.16. The Morgan fingerprint density at radius 3 is 2.82 bits per heavy atom. The Labute approximate surface area is 105 Å². The second kappa shape index (κ2) is 6.28. The summed E-state index contributed by atoms with van der Waals surface area (Å²) in [6.45, 7) is 2.15. The maximum absolute atomic E-state index is 12.8. The highest BCUT2D eigenvalue weighted by atomic mass is 35.5. The van der Waals surface area contributed by atoms with Gasteiger partial charge in [0.2, 0.25) is 10.0 Å². The van der Waals surface area contributed by atoms with Crippen LogP contribution in [0.1, 0.15) is 13.3 Å². The number of aromatic nitrogens is 1. The fourth-order valence-corrected chi connectivity index (χ4v) is 2.67. The minimum atomic E-state index is -3.69. The number of rotatable bonds is 6. The summed E-state index contributed by atoms with van der Waals surface area (Å²) in [5.41, 5.74) is 0. The van der Waals surface area contributed by atoms with Crippen LogP contribution < -0.4 is 4.72 Å². The average Bonchev–Trinajstić information content (AvgIpc) is 2.27. The van der Waals surface area contributed by atoms with Crippen LogP contribution in [0.2, 0.25) is 0 Å². The smallest absolute Gasteiger partial charge is 0.242 e. The number of halogens is 2. The molecule has 1 unspecified atom stereocenters. The summed E-state index contributed by atoms with van der Waals surface area (Å²) < 4.78 is 38.7. The van der Waals surface area contributed by atoms with Gasteiger partial charge >= 0.3 is 0 Å². The molecule has 0 saturated carbocycles. The van der Waals surface area contributed by atoms with E-state index in [9.17, 15) is 12.8 Å². The van der Waals surface area contributed by atoms with Gasteiger partial charge in [0.05, 0.1) is 6.20 Å². The van der Waals surface area contributed by atoms with E-state index in [0.29, 0.717) is 12.3 Å². The normalized spacial score (nSPS) is 13.6. The summed E-state index contributed by atoms with van der Waals surface area (Å²) in [6, 6.07) is 0.932. The molecule has 1 aromatic heterocycles. The largest absolute Gasteiger partial charge is 0.260 e. The number of sulfonamides is 1. The topological polar surface area (TPSA) is 59.1 Å². The molecule has 0 aliphatic rings. The second-order valence-electron chi connectivity index (χ2n) is 3.77. The number of nitrogens with one attached hydrogen (secondary N) is 1. The third-order valence-electron chi connectivity index (χ3n) is 2.21. The van der Waals surface area contributed by atoms with Gasteiger partial charge < -0.3 is 0 Å². The van der Waals surface area contributed by atoms with E-state index >= 15 is 0 Å². The Bertz CT molecular complexity index is 467. The molecule has 1 N–H and O–H groups in total. The van der Waals surface area contributed by atoms with Crippen LogP contribution in [0.3, 0.4) is 0 Å². The highest BCUT2D eigenvalue weighted by Crippen LogP contribution is 2.09. The zero-order valence-corrected chi connectivity index (χ0v) is 10.9. The van der Waals surface area contributed by atoms with Gasteiger partial charge in [-0.15, -0.1) is 11.6 Å². The van der Waals surface area contributed by atoms with Gasteiger partial charge in [-0.3, -0.25) is 4.98 Å². The van der Waals surface area contributed by atoms with Crippen LogP contribution in [0.4, 0.5) is 4.39 Å². The maximum Gasteiger partial charge on any atom is 0.242 e. The Morgan fingerprint density at radius 1 is 1.53 bits per heavy atom. The van der Waals surface area contributed by atoms with Gasteiger partial charge in [-0.1, -0.05) is 6.92 Å². The molecule has 17 heavy (non-hydrogen) atoms. The van der Waals surface area contributed by atoms with Gasteiger partial charge in [0.15, 0.2) is 0 Å².